The number of nitrogens with zero attached hydrogens (tertiary/aromatic N) is 2. The smallest absolute Gasteiger partial charge is 0.341 e. The first kappa shape index (κ1) is 19.4. The molecule has 0 aliphatic carbocycles. The normalized spacial score (nSPS) is 10.5. The molecule has 0 radical (unpaired) electrons. The molecule has 3 rings (SSSR count). The third-order valence-corrected chi connectivity index (χ3v) is 4.40. The van der Waals surface area contributed by atoms with Gasteiger partial charge in [-0.2, -0.15) is 0 Å². The predicted octanol–water partition coefficient (Wildman–Crippen LogP) is 3.83. The van der Waals surface area contributed by atoms with Gasteiger partial charge in [0.05, 0.1) is 30.5 Å². The molecule has 28 heavy (non-hydrogen) atoms. The van der Waals surface area contributed by atoms with Gasteiger partial charge in [-0.15, -0.1) is 0 Å². The van der Waals surface area contributed by atoms with E-state index in [9.17, 15) is 9.59 Å². The molecule has 0 fully saturated rings. The van der Waals surface area contributed by atoms with Gasteiger partial charge in [0.2, 0.25) is 0 Å². The topological polar surface area (TPSA) is 68.7 Å². The zero-order valence-electron chi connectivity index (χ0n) is 16.1. The van der Waals surface area contributed by atoms with Gasteiger partial charge in [-0.05, 0) is 30.7 Å². The summed E-state index contributed by atoms with van der Waals surface area (Å²) in [7, 11) is 3.23. The van der Waals surface area contributed by atoms with Gasteiger partial charge in [0.15, 0.2) is 0 Å². The summed E-state index contributed by atoms with van der Waals surface area (Å²) in [5.74, 6) is -0.893. The lowest BCUT2D eigenvalue weighted by Gasteiger charge is -2.24. The molecule has 0 bridgehead atoms. The Kier molecular flexibility index (Phi) is 5.89. The highest BCUT2D eigenvalue weighted by Gasteiger charge is 2.21. The predicted molar refractivity (Wildman–Crippen MR) is 108 cm³/mol. The Labute approximate surface area is 163 Å². The largest absolute Gasteiger partial charge is 0.465 e. The first-order valence-corrected chi connectivity index (χ1v) is 8.98. The van der Waals surface area contributed by atoms with Crippen molar-refractivity contribution in [3.8, 4) is 0 Å². The number of anilines is 1. The van der Waals surface area contributed by atoms with Crippen molar-refractivity contribution < 1.29 is 19.1 Å². The molecule has 0 aliphatic heterocycles. The lowest BCUT2D eigenvalue weighted by Crippen LogP contribution is -2.21. The molecule has 6 nitrogen and oxygen atoms in total. The Hall–Kier alpha value is -3.41. The minimum Gasteiger partial charge on any atom is -0.465 e. The van der Waals surface area contributed by atoms with Crippen LogP contribution in [0, 0.1) is 0 Å². The van der Waals surface area contributed by atoms with Crippen molar-refractivity contribution in [3.05, 3.63) is 71.4 Å². The number of hydrogen-bond donors (Lipinski definition) is 0. The molecule has 0 spiro atoms. The minimum atomic E-state index is -0.449. The fourth-order valence-electron chi connectivity index (χ4n) is 3.13. The van der Waals surface area contributed by atoms with E-state index in [-0.39, 0.29) is 6.61 Å². The zero-order chi connectivity index (χ0) is 20.1. The Balaban J connectivity index is 2.16. The summed E-state index contributed by atoms with van der Waals surface area (Å²) in [6.07, 6.45) is 1.52. The van der Waals surface area contributed by atoms with Crippen molar-refractivity contribution in [2.75, 3.05) is 25.7 Å². The molecule has 0 N–H and O–H groups in total. The van der Waals surface area contributed by atoms with Crippen LogP contribution in [0.15, 0.2) is 54.7 Å². The quantitative estimate of drug-likeness (QED) is 0.607. The Morgan fingerprint density at radius 3 is 2.50 bits per heavy atom. The van der Waals surface area contributed by atoms with E-state index in [2.05, 4.69) is 4.98 Å². The number of esters is 2. The molecule has 0 saturated carbocycles. The lowest BCUT2D eigenvalue weighted by atomic mass is 10.0. The third kappa shape index (κ3) is 3.96. The van der Waals surface area contributed by atoms with E-state index < -0.39 is 11.9 Å². The average Bonchev–Trinajstić information content (AvgIpc) is 2.72. The summed E-state index contributed by atoms with van der Waals surface area (Å²) < 4.78 is 10.1. The van der Waals surface area contributed by atoms with Gasteiger partial charge in [0.1, 0.15) is 5.56 Å². The number of carbonyl (C=O) groups is 2. The molecule has 1 heterocycles. The molecule has 0 atom stereocenters. The second-order valence-electron chi connectivity index (χ2n) is 6.31. The fourth-order valence-corrected chi connectivity index (χ4v) is 3.13. The Morgan fingerprint density at radius 1 is 1.07 bits per heavy atom. The van der Waals surface area contributed by atoms with Crippen LogP contribution in [0.5, 0.6) is 0 Å². The van der Waals surface area contributed by atoms with Gasteiger partial charge >= 0.3 is 11.9 Å². The van der Waals surface area contributed by atoms with Crippen LogP contribution in [0.25, 0.3) is 10.9 Å². The molecule has 144 valence electrons. The van der Waals surface area contributed by atoms with Crippen molar-refractivity contribution in [2.24, 2.45) is 0 Å². The molecule has 0 unspecified atom stereocenters. The molecule has 1 aromatic heterocycles. The van der Waals surface area contributed by atoms with Gasteiger partial charge < -0.3 is 14.4 Å². The fraction of sp³-hybridized carbons (Fsp3) is 0.227. The van der Waals surface area contributed by atoms with E-state index in [1.165, 1.54) is 13.3 Å². The van der Waals surface area contributed by atoms with Crippen molar-refractivity contribution in [1.82, 2.24) is 4.98 Å². The zero-order valence-corrected chi connectivity index (χ0v) is 16.1. The number of rotatable bonds is 6. The summed E-state index contributed by atoms with van der Waals surface area (Å²) in [6.45, 7) is 2.60. The van der Waals surface area contributed by atoms with Gasteiger partial charge in [-0.25, -0.2) is 9.59 Å². The summed E-state index contributed by atoms with van der Waals surface area (Å²) >= 11 is 0. The molecule has 0 aliphatic rings. The lowest BCUT2D eigenvalue weighted by molar-refractivity contribution is 0.0526. The summed E-state index contributed by atoms with van der Waals surface area (Å²) in [5.41, 5.74) is 3.18. The maximum atomic E-state index is 12.6. The summed E-state index contributed by atoms with van der Waals surface area (Å²) in [6, 6.07) is 15.0. The van der Waals surface area contributed by atoms with E-state index in [0.29, 0.717) is 34.3 Å². The van der Waals surface area contributed by atoms with Crippen LogP contribution in [0.3, 0.4) is 0 Å². The Morgan fingerprint density at radius 2 is 1.82 bits per heavy atom. The molecular formula is C22H22N2O4. The van der Waals surface area contributed by atoms with E-state index in [0.717, 1.165) is 5.56 Å². The highest BCUT2D eigenvalue weighted by atomic mass is 16.5. The van der Waals surface area contributed by atoms with Gasteiger partial charge in [0, 0.05) is 25.2 Å². The molecule has 2 aromatic carbocycles. The van der Waals surface area contributed by atoms with E-state index in [4.69, 9.17) is 9.47 Å². The van der Waals surface area contributed by atoms with Crippen LogP contribution in [0.2, 0.25) is 0 Å². The van der Waals surface area contributed by atoms with Gasteiger partial charge in [-0.3, -0.25) is 4.98 Å². The van der Waals surface area contributed by atoms with Crippen molar-refractivity contribution in [3.63, 3.8) is 0 Å². The maximum Gasteiger partial charge on any atom is 0.341 e. The van der Waals surface area contributed by atoms with E-state index in [1.807, 2.05) is 42.3 Å². The second-order valence-corrected chi connectivity index (χ2v) is 6.31. The van der Waals surface area contributed by atoms with E-state index in [1.54, 1.807) is 25.1 Å². The number of carbonyl (C=O) groups excluding carboxylic acids is 2. The summed E-state index contributed by atoms with van der Waals surface area (Å²) in [4.78, 5) is 30.9. The molecule has 6 heteroatoms. The minimum absolute atomic E-state index is 0.265. The highest BCUT2D eigenvalue weighted by Crippen LogP contribution is 2.31. The highest BCUT2D eigenvalue weighted by molar-refractivity contribution is 6.07. The van der Waals surface area contributed by atoms with Crippen LogP contribution in [0.4, 0.5) is 5.69 Å². The first-order valence-electron chi connectivity index (χ1n) is 8.98. The molecular weight excluding hydrogens is 356 g/mol. The summed E-state index contributed by atoms with van der Waals surface area (Å²) in [5, 5.41) is 0.687. The monoisotopic (exact) mass is 378 g/mol. The molecule has 0 saturated heterocycles. The number of aromatic nitrogens is 1. The van der Waals surface area contributed by atoms with Crippen LogP contribution >= 0.6 is 0 Å². The number of fused-ring (bicyclic) bond motifs is 1. The van der Waals surface area contributed by atoms with Crippen molar-refractivity contribution in [2.45, 2.75) is 13.5 Å². The van der Waals surface area contributed by atoms with Crippen LogP contribution in [-0.4, -0.2) is 37.7 Å². The van der Waals surface area contributed by atoms with Crippen LogP contribution in [0.1, 0.15) is 33.2 Å². The number of hydrogen-bond acceptors (Lipinski definition) is 6. The standard InChI is InChI=1S/C22H22N2O4/c1-4-28-22(26)18-13-23-19-11-10-16(21(25)27-3)12-17(19)20(18)24(2)14-15-8-6-5-7-9-15/h5-13H,4,14H2,1-3H3. The number of methoxy groups -OCH3 is 1. The number of ether oxygens (including phenoxy) is 2. The van der Waals surface area contributed by atoms with Crippen molar-refractivity contribution >= 4 is 28.5 Å². The van der Waals surface area contributed by atoms with Gasteiger partial charge in [-0.1, -0.05) is 30.3 Å². The van der Waals surface area contributed by atoms with Crippen LogP contribution < -0.4 is 4.90 Å². The SMILES string of the molecule is CCOC(=O)c1cnc2ccc(C(=O)OC)cc2c1N(C)Cc1ccccc1. The maximum absolute atomic E-state index is 12.6. The van der Waals surface area contributed by atoms with Crippen molar-refractivity contribution in [1.29, 1.82) is 0 Å². The van der Waals surface area contributed by atoms with Gasteiger partial charge in [0.25, 0.3) is 0 Å². The number of pyridine rings is 1. The Bertz CT molecular complexity index is 1000. The van der Waals surface area contributed by atoms with Crippen LogP contribution in [-0.2, 0) is 16.0 Å². The third-order valence-electron chi connectivity index (χ3n) is 4.40. The first-order chi connectivity index (χ1) is 13.5. The second kappa shape index (κ2) is 8.52. The number of benzene rings is 2. The van der Waals surface area contributed by atoms with E-state index >= 15 is 0 Å². The average molecular weight is 378 g/mol. The molecule has 0 amide bonds. The molecule has 3 aromatic rings.